The SMILES string of the molecule is CCCCNC(=O)Nc1cc(C)n(Cc2ccccc2)n1. The van der Waals surface area contributed by atoms with E-state index in [1.165, 1.54) is 5.56 Å². The number of urea groups is 1. The molecule has 1 heterocycles. The number of nitrogens with one attached hydrogen (secondary N) is 2. The van der Waals surface area contributed by atoms with Gasteiger partial charge in [-0.2, -0.15) is 5.10 Å². The lowest BCUT2D eigenvalue weighted by molar-refractivity contribution is 0.252. The fourth-order valence-electron chi connectivity index (χ4n) is 2.03. The van der Waals surface area contributed by atoms with Crippen molar-refractivity contribution in [3.05, 3.63) is 47.7 Å². The van der Waals surface area contributed by atoms with Crippen LogP contribution in [0.4, 0.5) is 10.6 Å². The van der Waals surface area contributed by atoms with Crippen molar-refractivity contribution in [3.63, 3.8) is 0 Å². The minimum atomic E-state index is -0.201. The van der Waals surface area contributed by atoms with Crippen LogP contribution in [0.25, 0.3) is 0 Å². The summed E-state index contributed by atoms with van der Waals surface area (Å²) in [6.07, 6.45) is 2.04. The number of aromatic nitrogens is 2. The molecule has 5 heteroatoms. The lowest BCUT2D eigenvalue weighted by atomic mass is 10.2. The van der Waals surface area contributed by atoms with Gasteiger partial charge in [-0.15, -0.1) is 0 Å². The molecule has 0 aliphatic heterocycles. The van der Waals surface area contributed by atoms with Crippen molar-refractivity contribution in [1.82, 2.24) is 15.1 Å². The summed E-state index contributed by atoms with van der Waals surface area (Å²) >= 11 is 0. The molecular weight excluding hydrogens is 264 g/mol. The van der Waals surface area contributed by atoms with E-state index in [1.807, 2.05) is 35.9 Å². The molecular formula is C16H22N4O. The first-order valence-electron chi connectivity index (χ1n) is 7.32. The fourth-order valence-corrected chi connectivity index (χ4v) is 2.03. The maximum absolute atomic E-state index is 11.7. The van der Waals surface area contributed by atoms with Crippen molar-refractivity contribution in [1.29, 1.82) is 0 Å². The molecule has 0 saturated carbocycles. The Morgan fingerprint density at radius 1 is 1.29 bits per heavy atom. The molecule has 21 heavy (non-hydrogen) atoms. The number of hydrogen-bond acceptors (Lipinski definition) is 2. The van der Waals surface area contributed by atoms with Crippen molar-refractivity contribution in [2.45, 2.75) is 33.2 Å². The molecule has 0 spiro atoms. The van der Waals surface area contributed by atoms with Crippen LogP contribution in [0.1, 0.15) is 31.0 Å². The number of carbonyl (C=O) groups excluding carboxylic acids is 1. The van der Waals surface area contributed by atoms with Gasteiger partial charge in [0.2, 0.25) is 0 Å². The van der Waals surface area contributed by atoms with E-state index in [-0.39, 0.29) is 6.03 Å². The second-order valence-corrected chi connectivity index (χ2v) is 5.05. The summed E-state index contributed by atoms with van der Waals surface area (Å²) < 4.78 is 1.89. The van der Waals surface area contributed by atoms with Gasteiger partial charge in [-0.05, 0) is 18.9 Å². The molecule has 1 aromatic carbocycles. The van der Waals surface area contributed by atoms with Crippen LogP contribution in [-0.2, 0) is 6.54 Å². The van der Waals surface area contributed by atoms with Gasteiger partial charge in [-0.1, -0.05) is 43.7 Å². The summed E-state index contributed by atoms with van der Waals surface area (Å²) in [6.45, 7) is 5.46. The molecule has 5 nitrogen and oxygen atoms in total. The highest BCUT2D eigenvalue weighted by molar-refractivity contribution is 5.88. The first-order chi connectivity index (χ1) is 10.2. The fraction of sp³-hybridized carbons (Fsp3) is 0.375. The van der Waals surface area contributed by atoms with E-state index in [2.05, 4.69) is 34.8 Å². The van der Waals surface area contributed by atoms with E-state index < -0.39 is 0 Å². The summed E-state index contributed by atoms with van der Waals surface area (Å²) in [6, 6.07) is 11.8. The van der Waals surface area contributed by atoms with E-state index in [0.717, 1.165) is 18.5 Å². The third kappa shape index (κ3) is 4.63. The van der Waals surface area contributed by atoms with Gasteiger partial charge in [-0.25, -0.2) is 4.79 Å². The predicted molar refractivity (Wildman–Crippen MR) is 84.4 cm³/mol. The van der Waals surface area contributed by atoms with Gasteiger partial charge in [0, 0.05) is 18.3 Å². The number of benzene rings is 1. The van der Waals surface area contributed by atoms with Crippen LogP contribution in [0.2, 0.25) is 0 Å². The molecule has 0 bridgehead atoms. The quantitative estimate of drug-likeness (QED) is 0.801. The lowest BCUT2D eigenvalue weighted by Gasteiger charge is -2.05. The summed E-state index contributed by atoms with van der Waals surface area (Å²) in [4.78, 5) is 11.7. The Balaban J connectivity index is 1.94. The third-order valence-electron chi connectivity index (χ3n) is 3.21. The Morgan fingerprint density at radius 3 is 2.76 bits per heavy atom. The highest BCUT2D eigenvalue weighted by Crippen LogP contribution is 2.11. The van der Waals surface area contributed by atoms with Crippen LogP contribution >= 0.6 is 0 Å². The van der Waals surface area contributed by atoms with Crippen molar-refractivity contribution in [2.24, 2.45) is 0 Å². The van der Waals surface area contributed by atoms with E-state index >= 15 is 0 Å². The topological polar surface area (TPSA) is 59.0 Å². The van der Waals surface area contributed by atoms with E-state index in [4.69, 9.17) is 0 Å². The number of aryl methyl sites for hydroxylation is 1. The highest BCUT2D eigenvalue weighted by atomic mass is 16.2. The maximum Gasteiger partial charge on any atom is 0.320 e. The first kappa shape index (κ1) is 15.1. The van der Waals surface area contributed by atoms with Crippen LogP contribution in [0.5, 0.6) is 0 Å². The number of nitrogens with zero attached hydrogens (tertiary/aromatic N) is 2. The van der Waals surface area contributed by atoms with Crippen LogP contribution in [0, 0.1) is 6.92 Å². The molecule has 0 unspecified atom stereocenters. The Morgan fingerprint density at radius 2 is 2.05 bits per heavy atom. The number of amides is 2. The molecule has 1 aromatic heterocycles. The Kier molecular flexibility index (Phi) is 5.37. The van der Waals surface area contributed by atoms with Gasteiger partial charge in [-0.3, -0.25) is 10.00 Å². The molecule has 0 radical (unpaired) electrons. The number of anilines is 1. The second kappa shape index (κ2) is 7.47. The highest BCUT2D eigenvalue weighted by Gasteiger charge is 2.07. The summed E-state index contributed by atoms with van der Waals surface area (Å²) in [7, 11) is 0. The smallest absolute Gasteiger partial charge is 0.320 e. The zero-order chi connectivity index (χ0) is 15.1. The number of rotatable bonds is 6. The van der Waals surface area contributed by atoms with Gasteiger partial charge in [0.25, 0.3) is 0 Å². The van der Waals surface area contributed by atoms with Crippen molar-refractivity contribution in [2.75, 3.05) is 11.9 Å². The monoisotopic (exact) mass is 286 g/mol. The largest absolute Gasteiger partial charge is 0.338 e. The molecule has 0 aliphatic rings. The zero-order valence-electron chi connectivity index (χ0n) is 12.6. The second-order valence-electron chi connectivity index (χ2n) is 5.05. The molecule has 2 rings (SSSR count). The summed E-state index contributed by atoms with van der Waals surface area (Å²) in [5, 5.41) is 10.00. The number of unbranched alkanes of at least 4 members (excludes halogenated alkanes) is 1. The molecule has 2 amide bonds. The van der Waals surface area contributed by atoms with Gasteiger partial charge >= 0.3 is 6.03 Å². The molecule has 0 atom stereocenters. The van der Waals surface area contributed by atoms with Crippen molar-refractivity contribution in [3.8, 4) is 0 Å². The van der Waals surface area contributed by atoms with Crippen molar-refractivity contribution < 1.29 is 4.79 Å². The number of hydrogen-bond donors (Lipinski definition) is 2. The predicted octanol–water partition coefficient (Wildman–Crippen LogP) is 3.16. The van der Waals surface area contributed by atoms with Crippen LogP contribution in [0.15, 0.2) is 36.4 Å². The Labute approximate surface area is 125 Å². The average molecular weight is 286 g/mol. The first-order valence-corrected chi connectivity index (χ1v) is 7.32. The molecule has 0 fully saturated rings. The Hall–Kier alpha value is -2.30. The normalized spacial score (nSPS) is 10.4. The molecule has 0 aliphatic carbocycles. The molecule has 0 saturated heterocycles. The molecule has 112 valence electrons. The van der Waals surface area contributed by atoms with Crippen LogP contribution in [-0.4, -0.2) is 22.4 Å². The van der Waals surface area contributed by atoms with E-state index in [9.17, 15) is 4.79 Å². The van der Waals surface area contributed by atoms with E-state index in [1.54, 1.807) is 0 Å². The molecule has 2 aromatic rings. The minimum absolute atomic E-state index is 0.201. The van der Waals surface area contributed by atoms with Crippen LogP contribution < -0.4 is 10.6 Å². The summed E-state index contributed by atoms with van der Waals surface area (Å²) in [5.74, 6) is 0.581. The van der Waals surface area contributed by atoms with Crippen molar-refractivity contribution >= 4 is 11.8 Å². The standard InChI is InChI=1S/C16H22N4O/c1-3-4-10-17-16(21)18-15-11-13(2)20(19-15)12-14-8-6-5-7-9-14/h5-9,11H,3-4,10,12H2,1-2H3,(H2,17,18,19,21). The zero-order valence-corrected chi connectivity index (χ0v) is 12.6. The minimum Gasteiger partial charge on any atom is -0.338 e. The molecule has 2 N–H and O–H groups in total. The van der Waals surface area contributed by atoms with Gasteiger partial charge in [0.15, 0.2) is 5.82 Å². The van der Waals surface area contributed by atoms with Gasteiger partial charge in [0.1, 0.15) is 0 Å². The lowest BCUT2D eigenvalue weighted by Crippen LogP contribution is -2.29. The Bertz CT molecular complexity index is 577. The third-order valence-corrected chi connectivity index (χ3v) is 3.21. The van der Waals surface area contributed by atoms with Gasteiger partial charge < -0.3 is 5.32 Å². The maximum atomic E-state index is 11.7. The number of carbonyl (C=O) groups is 1. The van der Waals surface area contributed by atoms with Crippen LogP contribution in [0.3, 0.4) is 0 Å². The summed E-state index contributed by atoms with van der Waals surface area (Å²) in [5.41, 5.74) is 2.20. The van der Waals surface area contributed by atoms with E-state index in [0.29, 0.717) is 18.9 Å². The average Bonchev–Trinajstić information content (AvgIpc) is 2.80. The van der Waals surface area contributed by atoms with Gasteiger partial charge in [0.05, 0.1) is 6.54 Å².